The number of nitrogens with zero attached hydrogens (tertiary/aromatic N) is 1. The van der Waals surface area contributed by atoms with Crippen LogP contribution in [0.1, 0.15) is 27.2 Å². The molecular formula is C11H19N. The molecule has 0 unspecified atom stereocenters. The number of rotatable bonds is 2. The summed E-state index contributed by atoms with van der Waals surface area (Å²) in [4.78, 5) is 2.38. The van der Waals surface area contributed by atoms with Crippen molar-refractivity contribution in [3.63, 3.8) is 0 Å². The first-order valence-corrected chi connectivity index (χ1v) is 4.56. The van der Waals surface area contributed by atoms with E-state index in [1.54, 1.807) is 0 Å². The van der Waals surface area contributed by atoms with Gasteiger partial charge >= 0.3 is 0 Å². The zero-order valence-corrected chi connectivity index (χ0v) is 8.59. The van der Waals surface area contributed by atoms with Crippen LogP contribution in [0.2, 0.25) is 0 Å². The highest BCUT2D eigenvalue weighted by Crippen LogP contribution is 2.16. The van der Waals surface area contributed by atoms with Crippen LogP contribution in [-0.2, 0) is 0 Å². The van der Waals surface area contributed by atoms with Gasteiger partial charge in [0.2, 0.25) is 0 Å². The van der Waals surface area contributed by atoms with Gasteiger partial charge in [-0.1, -0.05) is 23.8 Å². The Morgan fingerprint density at radius 1 is 1.42 bits per heavy atom. The molecule has 0 N–H and O–H groups in total. The van der Waals surface area contributed by atoms with Crippen LogP contribution in [0.4, 0.5) is 0 Å². The number of likely N-dealkylation sites (N-methyl/N-ethyl adjacent to an activating group) is 1. The van der Waals surface area contributed by atoms with Gasteiger partial charge in [0.1, 0.15) is 0 Å². The minimum atomic E-state index is 0.281. The summed E-state index contributed by atoms with van der Waals surface area (Å²) >= 11 is 0. The Labute approximate surface area is 75.8 Å². The Kier molecular flexibility index (Phi) is 2.73. The molecule has 0 radical (unpaired) electrons. The average molecular weight is 165 g/mol. The highest BCUT2D eigenvalue weighted by molar-refractivity contribution is 5.24. The van der Waals surface area contributed by atoms with Crippen molar-refractivity contribution in [2.75, 3.05) is 13.6 Å². The Morgan fingerprint density at radius 3 is 2.50 bits per heavy atom. The van der Waals surface area contributed by atoms with Gasteiger partial charge in [-0.3, -0.25) is 4.90 Å². The lowest BCUT2D eigenvalue weighted by Gasteiger charge is -2.32. The highest BCUT2D eigenvalue weighted by atomic mass is 15.2. The second-order valence-electron chi connectivity index (χ2n) is 4.48. The van der Waals surface area contributed by atoms with Gasteiger partial charge in [-0.05, 0) is 34.2 Å². The maximum atomic E-state index is 2.38. The first-order valence-electron chi connectivity index (χ1n) is 4.56. The molecule has 68 valence electrons. The van der Waals surface area contributed by atoms with Crippen LogP contribution in [0.25, 0.3) is 0 Å². The van der Waals surface area contributed by atoms with E-state index in [0.29, 0.717) is 0 Å². The largest absolute Gasteiger partial charge is 0.298 e. The minimum absolute atomic E-state index is 0.281. The predicted octanol–water partition coefficient (Wildman–Crippen LogP) is 2.60. The quantitative estimate of drug-likeness (QED) is 0.608. The van der Waals surface area contributed by atoms with E-state index in [1.165, 1.54) is 5.57 Å². The molecule has 12 heavy (non-hydrogen) atoms. The SMILES string of the molecule is CN(CC1=CC=CC1)C(C)(C)C. The normalized spacial score (nSPS) is 17.2. The standard InChI is InChI=1S/C11H19N/c1-11(2,3)12(4)9-10-7-5-6-8-10/h5-7H,8-9H2,1-4H3. The molecule has 1 aliphatic carbocycles. The van der Waals surface area contributed by atoms with E-state index in [1.807, 2.05) is 0 Å². The van der Waals surface area contributed by atoms with Crippen molar-refractivity contribution in [3.8, 4) is 0 Å². The van der Waals surface area contributed by atoms with E-state index in [9.17, 15) is 0 Å². The zero-order valence-electron chi connectivity index (χ0n) is 8.59. The highest BCUT2D eigenvalue weighted by Gasteiger charge is 2.17. The molecule has 0 spiro atoms. The first kappa shape index (κ1) is 9.53. The van der Waals surface area contributed by atoms with Crippen molar-refractivity contribution in [2.45, 2.75) is 32.7 Å². The molecular weight excluding hydrogens is 146 g/mol. The third-order valence-electron chi connectivity index (χ3n) is 2.43. The Hall–Kier alpha value is -0.560. The molecule has 0 aliphatic heterocycles. The molecule has 0 bridgehead atoms. The molecule has 1 aliphatic rings. The van der Waals surface area contributed by atoms with Crippen molar-refractivity contribution in [1.29, 1.82) is 0 Å². The van der Waals surface area contributed by atoms with E-state index in [-0.39, 0.29) is 5.54 Å². The van der Waals surface area contributed by atoms with E-state index in [4.69, 9.17) is 0 Å². The van der Waals surface area contributed by atoms with Gasteiger partial charge in [-0.25, -0.2) is 0 Å². The van der Waals surface area contributed by atoms with Crippen LogP contribution in [-0.4, -0.2) is 24.0 Å². The minimum Gasteiger partial charge on any atom is -0.298 e. The molecule has 1 heteroatoms. The summed E-state index contributed by atoms with van der Waals surface area (Å²) in [6.45, 7) is 7.83. The van der Waals surface area contributed by atoms with Crippen LogP contribution in [0.3, 0.4) is 0 Å². The van der Waals surface area contributed by atoms with Crippen LogP contribution in [0.5, 0.6) is 0 Å². The van der Waals surface area contributed by atoms with E-state index >= 15 is 0 Å². The van der Waals surface area contributed by atoms with Gasteiger partial charge in [0, 0.05) is 12.1 Å². The zero-order chi connectivity index (χ0) is 9.19. The van der Waals surface area contributed by atoms with E-state index in [0.717, 1.165) is 13.0 Å². The average Bonchev–Trinajstić information content (AvgIpc) is 2.37. The second kappa shape index (κ2) is 3.44. The van der Waals surface area contributed by atoms with Crippen molar-refractivity contribution in [3.05, 3.63) is 23.8 Å². The number of hydrogen-bond acceptors (Lipinski definition) is 1. The fourth-order valence-corrected chi connectivity index (χ4v) is 1.15. The molecule has 0 aromatic rings. The molecule has 0 saturated heterocycles. The van der Waals surface area contributed by atoms with Gasteiger partial charge in [-0.2, -0.15) is 0 Å². The summed E-state index contributed by atoms with van der Waals surface area (Å²) in [7, 11) is 2.18. The molecule has 0 fully saturated rings. The van der Waals surface area contributed by atoms with Gasteiger partial charge < -0.3 is 0 Å². The van der Waals surface area contributed by atoms with Crippen molar-refractivity contribution >= 4 is 0 Å². The van der Waals surface area contributed by atoms with Crippen molar-refractivity contribution in [2.24, 2.45) is 0 Å². The lowest BCUT2D eigenvalue weighted by atomic mass is 10.1. The summed E-state index contributed by atoms with van der Waals surface area (Å²) in [6, 6.07) is 0. The Morgan fingerprint density at radius 2 is 2.08 bits per heavy atom. The summed E-state index contributed by atoms with van der Waals surface area (Å²) < 4.78 is 0. The molecule has 0 atom stereocenters. The van der Waals surface area contributed by atoms with E-state index in [2.05, 4.69) is 50.9 Å². The molecule has 0 heterocycles. The smallest absolute Gasteiger partial charge is 0.0201 e. The number of allylic oxidation sites excluding steroid dienone is 3. The summed E-state index contributed by atoms with van der Waals surface area (Å²) in [5.74, 6) is 0. The molecule has 0 aromatic heterocycles. The van der Waals surface area contributed by atoms with Crippen LogP contribution < -0.4 is 0 Å². The van der Waals surface area contributed by atoms with Crippen molar-refractivity contribution in [1.82, 2.24) is 4.90 Å². The summed E-state index contributed by atoms with van der Waals surface area (Å²) in [5, 5.41) is 0. The van der Waals surface area contributed by atoms with Gasteiger partial charge in [0.05, 0.1) is 0 Å². The van der Waals surface area contributed by atoms with Gasteiger partial charge in [0.15, 0.2) is 0 Å². The fraction of sp³-hybridized carbons (Fsp3) is 0.636. The molecule has 1 rings (SSSR count). The maximum absolute atomic E-state index is 2.38. The molecule has 0 aromatic carbocycles. The van der Waals surface area contributed by atoms with Crippen molar-refractivity contribution < 1.29 is 0 Å². The maximum Gasteiger partial charge on any atom is 0.0201 e. The molecule has 0 saturated carbocycles. The fourth-order valence-electron chi connectivity index (χ4n) is 1.15. The van der Waals surface area contributed by atoms with Gasteiger partial charge in [-0.15, -0.1) is 0 Å². The first-order chi connectivity index (χ1) is 5.50. The number of hydrogen-bond donors (Lipinski definition) is 0. The van der Waals surface area contributed by atoms with E-state index < -0.39 is 0 Å². The predicted molar refractivity (Wildman–Crippen MR) is 54.2 cm³/mol. The third kappa shape index (κ3) is 2.49. The summed E-state index contributed by atoms with van der Waals surface area (Å²) in [6.07, 6.45) is 7.72. The monoisotopic (exact) mass is 165 g/mol. The van der Waals surface area contributed by atoms with Gasteiger partial charge in [0.25, 0.3) is 0 Å². The van der Waals surface area contributed by atoms with Crippen LogP contribution >= 0.6 is 0 Å². The molecule has 0 amide bonds. The Bertz CT molecular complexity index is 206. The Balaban J connectivity index is 2.42. The lowest BCUT2D eigenvalue weighted by Crippen LogP contribution is -2.39. The third-order valence-corrected chi connectivity index (χ3v) is 2.43. The second-order valence-corrected chi connectivity index (χ2v) is 4.48. The summed E-state index contributed by atoms with van der Waals surface area (Å²) in [5.41, 5.74) is 1.80. The lowest BCUT2D eigenvalue weighted by molar-refractivity contribution is 0.190. The van der Waals surface area contributed by atoms with Crippen LogP contribution in [0.15, 0.2) is 23.8 Å². The molecule has 1 nitrogen and oxygen atoms in total. The van der Waals surface area contributed by atoms with Crippen LogP contribution in [0, 0.1) is 0 Å². The topological polar surface area (TPSA) is 3.24 Å².